The normalized spacial score (nSPS) is 21.3. The Morgan fingerprint density at radius 3 is 3.07 bits per heavy atom. The first-order valence-corrected chi connectivity index (χ1v) is 4.39. The van der Waals surface area contributed by atoms with Crippen LogP contribution in [-0.4, -0.2) is 34.4 Å². The summed E-state index contributed by atoms with van der Waals surface area (Å²) < 4.78 is 9.97. The molecule has 1 N–H and O–H groups in total. The molecule has 0 aliphatic carbocycles. The Bertz CT molecular complexity index is 330. The van der Waals surface area contributed by atoms with E-state index in [2.05, 4.69) is 10.1 Å². The van der Waals surface area contributed by atoms with Crippen LogP contribution in [0.1, 0.15) is 22.9 Å². The van der Waals surface area contributed by atoms with Gasteiger partial charge in [-0.15, -0.1) is 0 Å². The van der Waals surface area contributed by atoms with Crippen LogP contribution in [0.3, 0.4) is 0 Å². The molecule has 0 radical (unpaired) electrons. The number of hydrogen-bond donors (Lipinski definition) is 1. The Balaban J connectivity index is 1.98. The van der Waals surface area contributed by atoms with Gasteiger partial charge in [0.1, 0.15) is 0 Å². The van der Waals surface area contributed by atoms with Gasteiger partial charge in [-0.25, -0.2) is 4.79 Å². The second-order valence-corrected chi connectivity index (χ2v) is 3.25. The standard InChI is InChI=1S/C8H10N2O4/c11-8(12)7-9-6(14-10-7)3-5-1-2-13-4-5/h5H,1-4H2,(H,11,12). The smallest absolute Gasteiger partial charge is 0.377 e. The summed E-state index contributed by atoms with van der Waals surface area (Å²) in [5.74, 6) is -0.698. The van der Waals surface area contributed by atoms with E-state index in [4.69, 9.17) is 14.4 Å². The molecule has 0 saturated carbocycles. The minimum Gasteiger partial charge on any atom is -0.475 e. The van der Waals surface area contributed by atoms with Crippen molar-refractivity contribution in [2.24, 2.45) is 5.92 Å². The molecule has 0 aromatic carbocycles. The van der Waals surface area contributed by atoms with Gasteiger partial charge < -0.3 is 14.4 Å². The molecule has 1 aromatic heterocycles. The van der Waals surface area contributed by atoms with E-state index >= 15 is 0 Å². The van der Waals surface area contributed by atoms with Crippen molar-refractivity contribution in [3.8, 4) is 0 Å². The zero-order valence-corrected chi connectivity index (χ0v) is 7.47. The first kappa shape index (κ1) is 9.14. The molecule has 6 nitrogen and oxygen atoms in total. The van der Waals surface area contributed by atoms with Gasteiger partial charge in [-0.1, -0.05) is 0 Å². The third kappa shape index (κ3) is 1.90. The molecular formula is C8H10N2O4. The molecule has 1 aliphatic rings. The second kappa shape index (κ2) is 3.75. The Labute approximate surface area is 79.9 Å². The molecule has 1 aliphatic heterocycles. The van der Waals surface area contributed by atoms with E-state index in [0.717, 1.165) is 13.0 Å². The fourth-order valence-electron chi connectivity index (χ4n) is 1.42. The summed E-state index contributed by atoms with van der Waals surface area (Å²) in [5.41, 5.74) is 0. The van der Waals surface area contributed by atoms with Gasteiger partial charge in [-0.05, 0) is 17.5 Å². The Morgan fingerprint density at radius 1 is 1.64 bits per heavy atom. The molecular weight excluding hydrogens is 188 g/mol. The van der Waals surface area contributed by atoms with E-state index in [1.54, 1.807) is 0 Å². The number of carboxylic acid groups (broad SMARTS) is 1. The fraction of sp³-hybridized carbons (Fsp3) is 0.625. The third-order valence-corrected chi connectivity index (χ3v) is 2.15. The lowest BCUT2D eigenvalue weighted by Gasteiger charge is -2.00. The Morgan fingerprint density at radius 2 is 2.50 bits per heavy atom. The number of rotatable bonds is 3. The minimum absolute atomic E-state index is 0.279. The molecule has 1 atom stereocenters. The van der Waals surface area contributed by atoms with Crippen LogP contribution in [0.2, 0.25) is 0 Å². The summed E-state index contributed by atoms with van der Waals surface area (Å²) in [5, 5.41) is 11.9. The van der Waals surface area contributed by atoms with Crippen molar-refractivity contribution in [2.45, 2.75) is 12.8 Å². The van der Waals surface area contributed by atoms with Gasteiger partial charge in [-0.2, -0.15) is 4.98 Å². The van der Waals surface area contributed by atoms with Gasteiger partial charge in [0.2, 0.25) is 5.89 Å². The van der Waals surface area contributed by atoms with Crippen LogP contribution in [0.25, 0.3) is 0 Å². The van der Waals surface area contributed by atoms with E-state index < -0.39 is 5.97 Å². The molecule has 0 bridgehead atoms. The first-order valence-electron chi connectivity index (χ1n) is 4.39. The van der Waals surface area contributed by atoms with E-state index in [-0.39, 0.29) is 5.82 Å². The van der Waals surface area contributed by atoms with Crippen LogP contribution < -0.4 is 0 Å². The van der Waals surface area contributed by atoms with Crippen molar-refractivity contribution in [2.75, 3.05) is 13.2 Å². The van der Waals surface area contributed by atoms with Crippen LogP contribution in [0, 0.1) is 5.92 Å². The predicted octanol–water partition coefficient (Wildman–Crippen LogP) is 0.347. The summed E-state index contributed by atoms with van der Waals surface area (Å²) >= 11 is 0. The summed E-state index contributed by atoms with van der Waals surface area (Å²) in [4.78, 5) is 14.2. The van der Waals surface area contributed by atoms with Crippen molar-refractivity contribution in [1.82, 2.24) is 10.1 Å². The van der Waals surface area contributed by atoms with Crippen LogP contribution in [-0.2, 0) is 11.2 Å². The van der Waals surface area contributed by atoms with Gasteiger partial charge >= 0.3 is 5.97 Å². The third-order valence-electron chi connectivity index (χ3n) is 2.15. The average molecular weight is 198 g/mol. The largest absolute Gasteiger partial charge is 0.475 e. The summed E-state index contributed by atoms with van der Waals surface area (Å²) in [6.07, 6.45) is 1.56. The molecule has 2 rings (SSSR count). The molecule has 0 amide bonds. The number of nitrogens with zero attached hydrogens (tertiary/aromatic N) is 2. The maximum Gasteiger partial charge on any atom is 0.377 e. The van der Waals surface area contributed by atoms with Gasteiger partial charge in [0, 0.05) is 19.6 Å². The van der Waals surface area contributed by atoms with Gasteiger partial charge in [0.05, 0.1) is 0 Å². The molecule has 0 spiro atoms. The highest BCUT2D eigenvalue weighted by atomic mass is 16.5. The highest BCUT2D eigenvalue weighted by molar-refractivity contribution is 5.82. The van der Waals surface area contributed by atoms with Gasteiger partial charge in [0.25, 0.3) is 5.82 Å². The van der Waals surface area contributed by atoms with E-state index in [9.17, 15) is 4.79 Å². The molecule has 76 valence electrons. The van der Waals surface area contributed by atoms with Crippen molar-refractivity contribution in [3.05, 3.63) is 11.7 Å². The molecule has 14 heavy (non-hydrogen) atoms. The zero-order valence-electron chi connectivity index (χ0n) is 7.47. The van der Waals surface area contributed by atoms with Crippen molar-refractivity contribution in [1.29, 1.82) is 0 Å². The molecule has 1 saturated heterocycles. The molecule has 2 heterocycles. The van der Waals surface area contributed by atoms with Crippen LogP contribution >= 0.6 is 0 Å². The lowest BCUT2D eigenvalue weighted by molar-refractivity contribution is 0.0680. The van der Waals surface area contributed by atoms with Crippen LogP contribution in [0.5, 0.6) is 0 Å². The van der Waals surface area contributed by atoms with E-state index in [0.29, 0.717) is 24.8 Å². The molecule has 1 aromatic rings. The SMILES string of the molecule is O=C(O)c1noc(CC2CCOC2)n1. The summed E-state index contributed by atoms with van der Waals surface area (Å²) in [7, 11) is 0. The van der Waals surface area contributed by atoms with Crippen LogP contribution in [0.4, 0.5) is 0 Å². The van der Waals surface area contributed by atoms with Gasteiger partial charge in [-0.3, -0.25) is 0 Å². The number of aromatic carboxylic acids is 1. The maximum atomic E-state index is 10.4. The van der Waals surface area contributed by atoms with Crippen molar-refractivity contribution in [3.63, 3.8) is 0 Å². The summed E-state index contributed by atoms with van der Waals surface area (Å²) in [6.45, 7) is 1.44. The Kier molecular flexibility index (Phi) is 2.45. The maximum absolute atomic E-state index is 10.4. The number of carboxylic acids is 1. The van der Waals surface area contributed by atoms with E-state index in [1.165, 1.54) is 0 Å². The summed E-state index contributed by atoms with van der Waals surface area (Å²) in [6, 6.07) is 0. The lowest BCUT2D eigenvalue weighted by atomic mass is 10.1. The number of aromatic nitrogens is 2. The fourth-order valence-corrected chi connectivity index (χ4v) is 1.42. The molecule has 1 unspecified atom stereocenters. The first-order chi connectivity index (χ1) is 6.75. The number of carbonyl (C=O) groups is 1. The Hall–Kier alpha value is -1.43. The highest BCUT2D eigenvalue weighted by Gasteiger charge is 2.20. The van der Waals surface area contributed by atoms with Crippen molar-refractivity contribution < 1.29 is 19.2 Å². The topological polar surface area (TPSA) is 85.5 Å². The van der Waals surface area contributed by atoms with Crippen LogP contribution in [0.15, 0.2) is 4.52 Å². The average Bonchev–Trinajstić information content (AvgIpc) is 2.75. The minimum atomic E-state index is -1.16. The number of hydrogen-bond acceptors (Lipinski definition) is 5. The second-order valence-electron chi connectivity index (χ2n) is 3.25. The highest BCUT2D eigenvalue weighted by Crippen LogP contribution is 2.16. The van der Waals surface area contributed by atoms with Gasteiger partial charge in [0.15, 0.2) is 0 Å². The van der Waals surface area contributed by atoms with Crippen molar-refractivity contribution >= 4 is 5.97 Å². The lowest BCUT2D eigenvalue weighted by Crippen LogP contribution is -2.04. The monoisotopic (exact) mass is 198 g/mol. The predicted molar refractivity (Wildman–Crippen MR) is 43.9 cm³/mol. The van der Waals surface area contributed by atoms with E-state index in [1.807, 2.05) is 0 Å². The quantitative estimate of drug-likeness (QED) is 0.754. The zero-order chi connectivity index (χ0) is 9.97. The number of ether oxygens (including phenoxy) is 1. The molecule has 1 fully saturated rings. The molecule has 6 heteroatoms.